The van der Waals surface area contributed by atoms with E-state index in [2.05, 4.69) is 0 Å². The molecule has 0 N–H and O–H groups in total. The number of hydrogen-bond donors (Lipinski definition) is 0. The molecule has 2 aromatic rings. The Labute approximate surface area is 170 Å². The number of fused-ring (bicyclic) bond motifs is 1. The summed E-state index contributed by atoms with van der Waals surface area (Å²) in [5.41, 5.74) is 2.44. The summed E-state index contributed by atoms with van der Waals surface area (Å²) in [6, 6.07) is 10.1. The quantitative estimate of drug-likeness (QED) is 0.741. The van der Waals surface area contributed by atoms with Gasteiger partial charge in [-0.1, -0.05) is 11.6 Å². The lowest BCUT2D eigenvalue weighted by atomic mass is 10.2. The van der Waals surface area contributed by atoms with Crippen LogP contribution in [0.3, 0.4) is 0 Å². The van der Waals surface area contributed by atoms with Crippen LogP contribution in [0, 0.1) is 6.92 Å². The summed E-state index contributed by atoms with van der Waals surface area (Å²) >= 11 is 6.03. The number of nitrogens with zero attached hydrogens (tertiary/aromatic N) is 2. The maximum atomic E-state index is 12.9. The molecule has 0 bridgehead atoms. The van der Waals surface area contributed by atoms with Gasteiger partial charge in [0.05, 0.1) is 4.90 Å². The second kappa shape index (κ2) is 7.73. The Balaban J connectivity index is 1.79. The summed E-state index contributed by atoms with van der Waals surface area (Å²) in [6.07, 6.45) is -0.0818. The topological polar surface area (TPSA) is 66.9 Å². The highest BCUT2D eigenvalue weighted by atomic mass is 35.5. The van der Waals surface area contributed by atoms with Crippen molar-refractivity contribution in [1.29, 1.82) is 0 Å². The molecule has 1 atom stereocenters. The third kappa shape index (κ3) is 3.87. The number of hydrogen-bond acceptors (Lipinski definition) is 4. The van der Waals surface area contributed by atoms with Gasteiger partial charge in [-0.3, -0.25) is 4.79 Å². The molecular formula is C20H23ClN2O4S. The Morgan fingerprint density at radius 2 is 1.93 bits per heavy atom. The summed E-state index contributed by atoms with van der Waals surface area (Å²) in [7, 11) is -0.515. The van der Waals surface area contributed by atoms with E-state index in [4.69, 9.17) is 16.3 Å². The van der Waals surface area contributed by atoms with E-state index in [0.717, 1.165) is 16.8 Å². The number of halogens is 1. The molecule has 3 rings (SSSR count). The van der Waals surface area contributed by atoms with E-state index in [1.807, 2.05) is 6.92 Å². The number of benzene rings is 2. The van der Waals surface area contributed by atoms with Crippen molar-refractivity contribution in [3.63, 3.8) is 0 Å². The molecule has 2 aromatic carbocycles. The first kappa shape index (κ1) is 20.6. The molecule has 1 aliphatic rings. The van der Waals surface area contributed by atoms with Crippen LogP contribution in [-0.2, 0) is 21.2 Å². The highest BCUT2D eigenvalue weighted by Crippen LogP contribution is 2.32. The van der Waals surface area contributed by atoms with E-state index >= 15 is 0 Å². The Morgan fingerprint density at radius 1 is 1.21 bits per heavy atom. The van der Waals surface area contributed by atoms with Gasteiger partial charge in [0.1, 0.15) is 5.75 Å². The van der Waals surface area contributed by atoms with Gasteiger partial charge in [0.25, 0.3) is 5.91 Å². The van der Waals surface area contributed by atoms with Gasteiger partial charge in [-0.2, -0.15) is 0 Å². The number of aryl methyl sites for hydroxylation is 1. The number of carbonyl (C=O) groups excluding carboxylic acids is 1. The van der Waals surface area contributed by atoms with Crippen LogP contribution >= 0.6 is 11.6 Å². The molecule has 0 saturated heterocycles. The minimum Gasteiger partial charge on any atom is -0.481 e. The van der Waals surface area contributed by atoms with Crippen molar-refractivity contribution in [2.75, 3.05) is 25.5 Å². The standard InChI is InChI=1S/C20H23ClN2O4S/c1-13-11-16(5-7-18(13)21)27-14(2)20(24)23-10-9-15-12-17(6-8-19(15)23)28(25,26)22(3)4/h5-8,11-12,14H,9-10H2,1-4H3/t14-/m1/s1. The first-order valence-corrected chi connectivity index (χ1v) is 10.7. The summed E-state index contributed by atoms with van der Waals surface area (Å²) in [6.45, 7) is 4.07. The minimum atomic E-state index is -3.51. The lowest BCUT2D eigenvalue weighted by Crippen LogP contribution is -2.39. The summed E-state index contributed by atoms with van der Waals surface area (Å²) in [5, 5.41) is 0.642. The molecule has 8 heteroatoms. The van der Waals surface area contributed by atoms with Crippen molar-refractivity contribution < 1.29 is 17.9 Å². The molecule has 0 saturated carbocycles. The normalized spacial score (nSPS) is 14.9. The molecule has 150 valence electrons. The third-order valence-electron chi connectivity index (χ3n) is 4.78. The Kier molecular flexibility index (Phi) is 5.70. The van der Waals surface area contributed by atoms with Crippen molar-refractivity contribution in [2.45, 2.75) is 31.3 Å². The third-order valence-corrected chi connectivity index (χ3v) is 7.02. The zero-order chi connectivity index (χ0) is 20.6. The van der Waals surface area contributed by atoms with Crippen LogP contribution < -0.4 is 9.64 Å². The smallest absolute Gasteiger partial charge is 0.267 e. The van der Waals surface area contributed by atoms with Crippen molar-refractivity contribution in [1.82, 2.24) is 4.31 Å². The van der Waals surface area contributed by atoms with Gasteiger partial charge in [0.2, 0.25) is 10.0 Å². The highest BCUT2D eigenvalue weighted by Gasteiger charge is 2.30. The highest BCUT2D eigenvalue weighted by molar-refractivity contribution is 7.89. The molecule has 28 heavy (non-hydrogen) atoms. The Bertz CT molecular complexity index is 1020. The summed E-state index contributed by atoms with van der Waals surface area (Å²) in [5.74, 6) is 0.407. The number of carbonyl (C=O) groups is 1. The predicted molar refractivity (Wildman–Crippen MR) is 110 cm³/mol. The second-order valence-corrected chi connectivity index (χ2v) is 9.55. The predicted octanol–water partition coefficient (Wildman–Crippen LogP) is 3.26. The maximum absolute atomic E-state index is 12.9. The van der Waals surface area contributed by atoms with Crippen molar-refractivity contribution in [3.05, 3.63) is 52.5 Å². The van der Waals surface area contributed by atoms with Gasteiger partial charge < -0.3 is 9.64 Å². The summed E-state index contributed by atoms with van der Waals surface area (Å²) < 4.78 is 31.6. The van der Waals surface area contributed by atoms with Gasteiger partial charge in [0, 0.05) is 31.4 Å². The zero-order valence-corrected chi connectivity index (χ0v) is 17.8. The lowest BCUT2D eigenvalue weighted by Gasteiger charge is -2.23. The molecule has 0 spiro atoms. The van der Waals surface area contributed by atoms with Crippen LogP contribution in [0.1, 0.15) is 18.1 Å². The number of rotatable bonds is 5. The van der Waals surface area contributed by atoms with E-state index in [0.29, 0.717) is 23.7 Å². The van der Waals surface area contributed by atoms with Crippen LogP contribution in [0.25, 0.3) is 0 Å². The van der Waals surface area contributed by atoms with Crippen LogP contribution in [0.5, 0.6) is 5.75 Å². The van der Waals surface area contributed by atoms with E-state index in [1.54, 1.807) is 42.2 Å². The van der Waals surface area contributed by atoms with Crippen molar-refractivity contribution in [3.8, 4) is 5.75 Å². The van der Waals surface area contributed by atoms with Crippen molar-refractivity contribution in [2.24, 2.45) is 0 Å². The number of amides is 1. The fourth-order valence-corrected chi connectivity index (χ4v) is 4.21. The van der Waals surface area contributed by atoms with Gasteiger partial charge >= 0.3 is 0 Å². The molecule has 1 aliphatic heterocycles. The molecular weight excluding hydrogens is 400 g/mol. The second-order valence-electron chi connectivity index (χ2n) is 6.99. The van der Waals surface area contributed by atoms with E-state index in [1.165, 1.54) is 24.5 Å². The van der Waals surface area contributed by atoms with Gasteiger partial charge in [0.15, 0.2) is 6.10 Å². The molecule has 0 unspecified atom stereocenters. The number of ether oxygens (including phenoxy) is 1. The average molecular weight is 423 g/mol. The average Bonchev–Trinajstić information content (AvgIpc) is 3.07. The first-order valence-electron chi connectivity index (χ1n) is 8.91. The van der Waals surface area contributed by atoms with E-state index < -0.39 is 16.1 Å². The monoisotopic (exact) mass is 422 g/mol. The number of sulfonamides is 1. The fourth-order valence-electron chi connectivity index (χ4n) is 3.14. The molecule has 0 aromatic heterocycles. The Morgan fingerprint density at radius 3 is 2.57 bits per heavy atom. The molecule has 6 nitrogen and oxygen atoms in total. The summed E-state index contributed by atoms with van der Waals surface area (Å²) in [4.78, 5) is 14.8. The van der Waals surface area contributed by atoms with E-state index in [-0.39, 0.29) is 10.8 Å². The molecule has 0 aliphatic carbocycles. The fraction of sp³-hybridized carbons (Fsp3) is 0.350. The Hall–Kier alpha value is -2.09. The minimum absolute atomic E-state index is 0.172. The first-order chi connectivity index (χ1) is 13.1. The van der Waals surface area contributed by atoms with Crippen LogP contribution in [0.4, 0.5) is 5.69 Å². The van der Waals surface area contributed by atoms with Gasteiger partial charge in [-0.25, -0.2) is 12.7 Å². The van der Waals surface area contributed by atoms with Crippen LogP contribution in [-0.4, -0.2) is 45.4 Å². The van der Waals surface area contributed by atoms with Crippen LogP contribution in [0.2, 0.25) is 5.02 Å². The SMILES string of the molecule is Cc1cc(O[C@H](C)C(=O)N2CCc3cc(S(=O)(=O)N(C)C)ccc32)ccc1Cl. The van der Waals surface area contributed by atoms with Crippen molar-refractivity contribution >= 4 is 33.2 Å². The molecule has 1 heterocycles. The van der Waals surface area contributed by atoms with Gasteiger partial charge in [-0.15, -0.1) is 0 Å². The van der Waals surface area contributed by atoms with Crippen LogP contribution in [0.15, 0.2) is 41.3 Å². The maximum Gasteiger partial charge on any atom is 0.267 e. The molecule has 1 amide bonds. The molecule has 0 radical (unpaired) electrons. The van der Waals surface area contributed by atoms with E-state index in [9.17, 15) is 13.2 Å². The largest absolute Gasteiger partial charge is 0.481 e. The zero-order valence-electron chi connectivity index (χ0n) is 16.3. The lowest BCUT2D eigenvalue weighted by molar-refractivity contribution is -0.124. The number of anilines is 1. The molecule has 0 fully saturated rings. The van der Waals surface area contributed by atoms with Gasteiger partial charge in [-0.05, 0) is 67.8 Å².